The van der Waals surface area contributed by atoms with Gasteiger partial charge in [-0.15, -0.1) is 0 Å². The van der Waals surface area contributed by atoms with E-state index in [4.69, 9.17) is 0 Å². The second kappa shape index (κ2) is 7.59. The molecule has 0 spiro atoms. The van der Waals surface area contributed by atoms with E-state index >= 15 is 0 Å². The predicted molar refractivity (Wildman–Crippen MR) is 89.6 cm³/mol. The molecule has 1 aliphatic heterocycles. The van der Waals surface area contributed by atoms with Crippen molar-refractivity contribution in [3.05, 3.63) is 0 Å². The van der Waals surface area contributed by atoms with Crippen LogP contribution in [0.5, 0.6) is 0 Å². The maximum absolute atomic E-state index is 12.5. The minimum Gasteiger partial charge on any atom is -0.299 e. The van der Waals surface area contributed by atoms with Crippen LogP contribution in [0.4, 0.5) is 0 Å². The van der Waals surface area contributed by atoms with Crippen molar-refractivity contribution in [2.24, 2.45) is 29.6 Å². The number of likely N-dealkylation sites (tertiary alicyclic amines) is 1. The molecule has 4 nitrogen and oxygen atoms in total. The van der Waals surface area contributed by atoms with Crippen LogP contribution in [-0.2, 0) is 14.4 Å². The summed E-state index contributed by atoms with van der Waals surface area (Å²) in [6.07, 6.45) is 5.04. The highest BCUT2D eigenvalue weighted by molar-refractivity contribution is 6.03. The third kappa shape index (κ3) is 4.02. The van der Waals surface area contributed by atoms with Crippen molar-refractivity contribution in [3.63, 3.8) is 0 Å². The van der Waals surface area contributed by atoms with Crippen LogP contribution in [-0.4, -0.2) is 29.0 Å². The lowest BCUT2D eigenvalue weighted by atomic mass is 9.77. The van der Waals surface area contributed by atoms with Gasteiger partial charge in [-0.05, 0) is 37.5 Å². The Labute approximate surface area is 140 Å². The summed E-state index contributed by atoms with van der Waals surface area (Å²) in [6.45, 7) is 8.61. The zero-order chi connectivity index (χ0) is 17.1. The molecule has 1 saturated carbocycles. The molecule has 2 rings (SSSR count). The number of amides is 2. The molecule has 0 aromatic carbocycles. The van der Waals surface area contributed by atoms with Crippen molar-refractivity contribution in [2.45, 2.75) is 66.2 Å². The number of nitrogens with zero attached hydrogens (tertiary/aromatic N) is 1. The van der Waals surface area contributed by atoms with Crippen LogP contribution in [0.15, 0.2) is 0 Å². The first-order valence-corrected chi connectivity index (χ1v) is 9.23. The number of carbonyl (C=O) groups is 3. The van der Waals surface area contributed by atoms with Gasteiger partial charge in [0.15, 0.2) is 0 Å². The van der Waals surface area contributed by atoms with Gasteiger partial charge in [0.2, 0.25) is 11.8 Å². The van der Waals surface area contributed by atoms with Crippen LogP contribution in [0.3, 0.4) is 0 Å². The molecule has 0 radical (unpaired) electrons. The fraction of sp³-hybridized carbons (Fsp3) is 0.842. The largest absolute Gasteiger partial charge is 0.299 e. The summed E-state index contributed by atoms with van der Waals surface area (Å²) in [4.78, 5) is 38.3. The maximum Gasteiger partial charge on any atom is 0.233 e. The second-order valence-electron chi connectivity index (χ2n) is 7.81. The molecule has 1 saturated heterocycles. The number of imide groups is 1. The quantitative estimate of drug-likeness (QED) is 0.704. The monoisotopic (exact) mass is 321 g/mol. The summed E-state index contributed by atoms with van der Waals surface area (Å²) in [6, 6.07) is 0. The summed E-state index contributed by atoms with van der Waals surface area (Å²) >= 11 is 0. The maximum atomic E-state index is 12.5. The summed E-state index contributed by atoms with van der Waals surface area (Å²) in [5, 5.41) is 0. The fourth-order valence-corrected chi connectivity index (χ4v) is 3.99. The van der Waals surface area contributed by atoms with E-state index in [1.165, 1.54) is 4.90 Å². The SMILES string of the molecule is CCC(C)[C@@H]1CC(=O)N(CC2CCC(C(=O)C(C)C)CC2)C1=O. The van der Waals surface area contributed by atoms with Crippen LogP contribution >= 0.6 is 0 Å². The van der Waals surface area contributed by atoms with E-state index in [1.807, 2.05) is 13.8 Å². The standard InChI is InChI=1S/C19H31NO3/c1-5-13(4)16-10-17(21)20(19(16)23)11-14-6-8-15(9-7-14)18(22)12(2)3/h12-16H,5-11H2,1-4H3/t13?,14?,15?,16-/m0/s1. The molecule has 1 heterocycles. The van der Waals surface area contributed by atoms with Gasteiger partial charge in [-0.1, -0.05) is 34.1 Å². The summed E-state index contributed by atoms with van der Waals surface area (Å²) < 4.78 is 0. The Morgan fingerprint density at radius 1 is 1.13 bits per heavy atom. The van der Waals surface area contributed by atoms with Crippen molar-refractivity contribution in [1.29, 1.82) is 0 Å². The number of hydrogen-bond donors (Lipinski definition) is 0. The highest BCUT2D eigenvalue weighted by Crippen LogP contribution is 2.34. The first-order chi connectivity index (χ1) is 10.8. The second-order valence-corrected chi connectivity index (χ2v) is 7.81. The molecule has 23 heavy (non-hydrogen) atoms. The molecule has 4 heteroatoms. The van der Waals surface area contributed by atoms with Gasteiger partial charge in [0, 0.05) is 30.7 Å². The van der Waals surface area contributed by atoms with Gasteiger partial charge in [-0.2, -0.15) is 0 Å². The van der Waals surface area contributed by atoms with E-state index in [9.17, 15) is 14.4 Å². The lowest BCUT2D eigenvalue weighted by molar-refractivity contribution is -0.141. The van der Waals surface area contributed by atoms with E-state index < -0.39 is 0 Å². The van der Waals surface area contributed by atoms with Crippen molar-refractivity contribution in [2.75, 3.05) is 6.54 Å². The van der Waals surface area contributed by atoms with Crippen molar-refractivity contribution < 1.29 is 14.4 Å². The van der Waals surface area contributed by atoms with E-state index in [0.29, 0.717) is 24.7 Å². The highest BCUT2D eigenvalue weighted by Gasteiger charge is 2.42. The number of ketones is 1. The lowest BCUT2D eigenvalue weighted by Crippen LogP contribution is -2.37. The van der Waals surface area contributed by atoms with Crippen LogP contribution in [0.1, 0.15) is 66.2 Å². The highest BCUT2D eigenvalue weighted by atomic mass is 16.2. The van der Waals surface area contributed by atoms with Gasteiger partial charge in [0.25, 0.3) is 0 Å². The molecule has 2 atom stereocenters. The summed E-state index contributed by atoms with van der Waals surface area (Å²) in [5.74, 6) is 1.22. The van der Waals surface area contributed by atoms with Crippen LogP contribution in [0, 0.1) is 29.6 Å². The Balaban J connectivity index is 1.88. The Bertz CT molecular complexity index is 463. The van der Waals surface area contributed by atoms with Crippen LogP contribution in [0.2, 0.25) is 0 Å². The normalized spacial score (nSPS) is 30.1. The molecule has 0 bridgehead atoms. The number of rotatable bonds is 6. The summed E-state index contributed by atoms with van der Waals surface area (Å²) in [7, 11) is 0. The molecular formula is C19H31NO3. The van der Waals surface area contributed by atoms with Crippen molar-refractivity contribution in [3.8, 4) is 0 Å². The van der Waals surface area contributed by atoms with Gasteiger partial charge in [0.1, 0.15) is 5.78 Å². The zero-order valence-corrected chi connectivity index (χ0v) is 15.0. The average molecular weight is 321 g/mol. The zero-order valence-electron chi connectivity index (χ0n) is 15.0. The third-order valence-electron chi connectivity index (χ3n) is 5.87. The Kier molecular flexibility index (Phi) is 5.99. The first-order valence-electron chi connectivity index (χ1n) is 9.23. The number of Topliss-reactive ketones (excluding diaryl/α,β-unsaturated/α-hetero) is 1. The third-order valence-corrected chi connectivity index (χ3v) is 5.87. The van der Waals surface area contributed by atoms with Gasteiger partial charge in [-0.25, -0.2) is 0 Å². The molecule has 0 N–H and O–H groups in total. The molecular weight excluding hydrogens is 290 g/mol. The molecule has 2 fully saturated rings. The molecule has 130 valence electrons. The van der Waals surface area contributed by atoms with Gasteiger partial charge < -0.3 is 0 Å². The van der Waals surface area contributed by atoms with E-state index in [0.717, 1.165) is 32.1 Å². The number of hydrogen-bond acceptors (Lipinski definition) is 3. The molecule has 1 unspecified atom stereocenters. The van der Waals surface area contributed by atoms with Crippen LogP contribution in [0.25, 0.3) is 0 Å². The minimum atomic E-state index is -0.119. The van der Waals surface area contributed by atoms with E-state index in [-0.39, 0.29) is 35.5 Å². The smallest absolute Gasteiger partial charge is 0.233 e. The summed E-state index contributed by atoms with van der Waals surface area (Å²) in [5.41, 5.74) is 0. The average Bonchev–Trinajstić information content (AvgIpc) is 2.82. The first kappa shape index (κ1) is 18.2. The lowest BCUT2D eigenvalue weighted by Gasteiger charge is -2.31. The topological polar surface area (TPSA) is 54.5 Å². The molecule has 2 aliphatic rings. The van der Waals surface area contributed by atoms with Gasteiger partial charge in [0.05, 0.1) is 0 Å². The Hall–Kier alpha value is -1.19. The Morgan fingerprint density at radius 3 is 2.26 bits per heavy atom. The molecule has 2 amide bonds. The van der Waals surface area contributed by atoms with Crippen LogP contribution < -0.4 is 0 Å². The Morgan fingerprint density at radius 2 is 1.74 bits per heavy atom. The van der Waals surface area contributed by atoms with Gasteiger partial charge in [-0.3, -0.25) is 19.3 Å². The molecule has 1 aliphatic carbocycles. The predicted octanol–water partition coefficient (Wildman–Crippen LogP) is 3.44. The molecule has 0 aromatic rings. The fourth-order valence-electron chi connectivity index (χ4n) is 3.99. The molecule has 0 aromatic heterocycles. The minimum absolute atomic E-state index is 0.000630. The van der Waals surface area contributed by atoms with Crippen molar-refractivity contribution in [1.82, 2.24) is 4.90 Å². The van der Waals surface area contributed by atoms with Gasteiger partial charge >= 0.3 is 0 Å². The van der Waals surface area contributed by atoms with Crippen molar-refractivity contribution >= 4 is 17.6 Å². The van der Waals surface area contributed by atoms with E-state index in [1.54, 1.807) is 0 Å². The van der Waals surface area contributed by atoms with E-state index in [2.05, 4.69) is 13.8 Å². The number of carbonyl (C=O) groups excluding carboxylic acids is 3.